The lowest BCUT2D eigenvalue weighted by Gasteiger charge is -2.15. The Hall–Kier alpha value is -1.81. The number of hydrogen-bond donors (Lipinski definition) is 1. The third kappa shape index (κ3) is 2.96. The molecular formula is C15H20N2O2. The van der Waals surface area contributed by atoms with E-state index in [1.807, 2.05) is 30.5 Å². The van der Waals surface area contributed by atoms with Crippen molar-refractivity contribution in [2.75, 3.05) is 7.11 Å². The van der Waals surface area contributed by atoms with Crippen LogP contribution in [0.25, 0.3) is 0 Å². The van der Waals surface area contributed by atoms with Gasteiger partial charge in [-0.15, -0.1) is 0 Å². The summed E-state index contributed by atoms with van der Waals surface area (Å²) < 4.78 is 7.29. The van der Waals surface area contributed by atoms with Crippen LogP contribution in [0.1, 0.15) is 29.8 Å². The molecule has 19 heavy (non-hydrogen) atoms. The van der Waals surface area contributed by atoms with Crippen LogP contribution in [0, 0.1) is 6.92 Å². The van der Waals surface area contributed by atoms with Gasteiger partial charge in [-0.1, -0.05) is 17.7 Å². The molecular weight excluding hydrogens is 240 g/mol. The third-order valence-corrected chi connectivity index (χ3v) is 3.28. The zero-order valence-electron chi connectivity index (χ0n) is 11.6. The van der Waals surface area contributed by atoms with Crippen LogP contribution in [-0.4, -0.2) is 21.8 Å². The minimum Gasteiger partial charge on any atom is -0.496 e. The molecule has 0 spiro atoms. The molecule has 4 heteroatoms. The van der Waals surface area contributed by atoms with Crippen molar-refractivity contribution < 1.29 is 9.84 Å². The predicted molar refractivity (Wildman–Crippen MR) is 74.3 cm³/mol. The molecule has 0 saturated heterocycles. The van der Waals surface area contributed by atoms with Gasteiger partial charge in [-0.2, -0.15) is 0 Å². The van der Waals surface area contributed by atoms with Crippen LogP contribution in [0.2, 0.25) is 0 Å². The van der Waals surface area contributed by atoms with E-state index < -0.39 is 6.10 Å². The molecule has 1 atom stereocenters. The minimum absolute atomic E-state index is 0.524. The van der Waals surface area contributed by atoms with Crippen LogP contribution in [0.4, 0.5) is 0 Å². The molecule has 0 aliphatic carbocycles. The van der Waals surface area contributed by atoms with E-state index >= 15 is 0 Å². The van der Waals surface area contributed by atoms with Gasteiger partial charge in [0.1, 0.15) is 5.75 Å². The summed E-state index contributed by atoms with van der Waals surface area (Å²) in [6, 6.07) is 5.99. The monoisotopic (exact) mass is 260 g/mol. The Morgan fingerprint density at radius 2 is 2.21 bits per heavy atom. The molecule has 0 aliphatic heterocycles. The van der Waals surface area contributed by atoms with Crippen molar-refractivity contribution in [1.82, 2.24) is 9.55 Å². The number of imidazole rings is 1. The molecule has 0 radical (unpaired) electrons. The number of nitrogens with zero attached hydrogens (tertiary/aromatic N) is 2. The highest BCUT2D eigenvalue weighted by atomic mass is 16.5. The Morgan fingerprint density at radius 3 is 2.89 bits per heavy atom. The molecule has 1 N–H and O–H groups in total. The number of benzene rings is 1. The fraction of sp³-hybridized carbons (Fsp3) is 0.400. The van der Waals surface area contributed by atoms with Crippen molar-refractivity contribution in [2.45, 2.75) is 32.9 Å². The molecule has 2 aromatic rings. The second-order valence-electron chi connectivity index (χ2n) is 4.64. The van der Waals surface area contributed by atoms with Gasteiger partial charge in [0.25, 0.3) is 0 Å². The maximum absolute atomic E-state index is 10.4. The highest BCUT2D eigenvalue weighted by Crippen LogP contribution is 2.26. The fourth-order valence-corrected chi connectivity index (χ4v) is 2.25. The van der Waals surface area contributed by atoms with Crippen molar-refractivity contribution >= 4 is 0 Å². The van der Waals surface area contributed by atoms with Gasteiger partial charge >= 0.3 is 0 Å². The first-order valence-corrected chi connectivity index (χ1v) is 6.47. The van der Waals surface area contributed by atoms with E-state index in [4.69, 9.17) is 4.74 Å². The Labute approximate surface area is 113 Å². The van der Waals surface area contributed by atoms with E-state index in [1.54, 1.807) is 19.6 Å². The molecule has 1 aromatic heterocycles. The molecule has 2 rings (SSSR count). The highest BCUT2D eigenvalue weighted by molar-refractivity contribution is 5.37. The van der Waals surface area contributed by atoms with Crippen LogP contribution < -0.4 is 4.74 Å². The average Bonchev–Trinajstić information content (AvgIpc) is 2.87. The number of ether oxygens (including phenoxy) is 1. The zero-order valence-corrected chi connectivity index (χ0v) is 11.6. The van der Waals surface area contributed by atoms with E-state index in [1.165, 1.54) is 0 Å². The van der Waals surface area contributed by atoms with Gasteiger partial charge in [0.05, 0.1) is 31.4 Å². The molecule has 4 nitrogen and oxygen atoms in total. The number of aliphatic hydroxyl groups excluding tert-OH is 1. The normalized spacial score (nSPS) is 12.4. The first-order valence-electron chi connectivity index (χ1n) is 6.47. The lowest BCUT2D eigenvalue weighted by Crippen LogP contribution is -2.09. The standard InChI is InChI=1S/C15H20N2O2/c1-4-17-10-16-9-13(17)14(18)8-12-7-11(2)5-6-15(12)19-3/h5-7,9-10,14,18H,4,8H2,1-3H3. The average molecular weight is 260 g/mol. The first-order chi connectivity index (χ1) is 9.15. The van der Waals surface area contributed by atoms with Crippen molar-refractivity contribution in [3.63, 3.8) is 0 Å². The molecule has 0 amide bonds. The smallest absolute Gasteiger partial charge is 0.122 e. The Kier molecular flexibility index (Phi) is 4.22. The van der Waals surface area contributed by atoms with Gasteiger partial charge < -0.3 is 14.4 Å². The summed E-state index contributed by atoms with van der Waals surface area (Å²) >= 11 is 0. The van der Waals surface area contributed by atoms with Crippen molar-refractivity contribution in [2.24, 2.45) is 0 Å². The summed E-state index contributed by atoms with van der Waals surface area (Å²) in [6.07, 6.45) is 3.41. The topological polar surface area (TPSA) is 47.3 Å². The number of rotatable bonds is 5. The maximum Gasteiger partial charge on any atom is 0.122 e. The van der Waals surface area contributed by atoms with E-state index in [0.29, 0.717) is 6.42 Å². The lowest BCUT2D eigenvalue weighted by molar-refractivity contribution is 0.168. The highest BCUT2D eigenvalue weighted by Gasteiger charge is 2.15. The van der Waals surface area contributed by atoms with Gasteiger partial charge in [-0.25, -0.2) is 4.98 Å². The Balaban J connectivity index is 2.23. The van der Waals surface area contributed by atoms with Crippen molar-refractivity contribution in [3.05, 3.63) is 47.5 Å². The van der Waals surface area contributed by atoms with Crippen LogP contribution in [0.15, 0.2) is 30.7 Å². The van der Waals surface area contributed by atoms with E-state index in [9.17, 15) is 5.11 Å². The van der Waals surface area contributed by atoms with Gasteiger partial charge in [0.2, 0.25) is 0 Å². The number of methoxy groups -OCH3 is 1. The quantitative estimate of drug-likeness (QED) is 0.898. The Morgan fingerprint density at radius 1 is 1.42 bits per heavy atom. The molecule has 1 heterocycles. The molecule has 1 unspecified atom stereocenters. The minimum atomic E-state index is -0.571. The maximum atomic E-state index is 10.4. The van der Waals surface area contributed by atoms with Gasteiger partial charge in [0.15, 0.2) is 0 Å². The van der Waals surface area contributed by atoms with Gasteiger partial charge in [-0.05, 0) is 25.5 Å². The largest absolute Gasteiger partial charge is 0.496 e. The SMILES string of the molecule is CCn1cncc1C(O)Cc1cc(C)ccc1OC. The van der Waals surface area contributed by atoms with Crippen LogP contribution in [0.3, 0.4) is 0 Å². The molecule has 0 aliphatic rings. The summed E-state index contributed by atoms with van der Waals surface area (Å²) in [5.41, 5.74) is 3.01. The molecule has 1 aromatic carbocycles. The van der Waals surface area contributed by atoms with Crippen LogP contribution >= 0.6 is 0 Å². The number of aromatic nitrogens is 2. The van der Waals surface area contributed by atoms with Crippen LogP contribution in [-0.2, 0) is 13.0 Å². The summed E-state index contributed by atoms with van der Waals surface area (Å²) in [5.74, 6) is 0.812. The molecule has 0 saturated carbocycles. The molecule has 0 bridgehead atoms. The first kappa shape index (κ1) is 13.6. The van der Waals surface area contributed by atoms with Crippen molar-refractivity contribution in [3.8, 4) is 5.75 Å². The zero-order chi connectivity index (χ0) is 13.8. The number of aryl methyl sites for hydroxylation is 2. The van der Waals surface area contributed by atoms with Gasteiger partial charge in [0, 0.05) is 13.0 Å². The number of aliphatic hydroxyl groups is 1. The van der Waals surface area contributed by atoms with E-state index in [-0.39, 0.29) is 0 Å². The van der Waals surface area contributed by atoms with Crippen LogP contribution in [0.5, 0.6) is 5.75 Å². The second kappa shape index (κ2) is 5.89. The predicted octanol–water partition coefficient (Wildman–Crippen LogP) is 2.50. The van der Waals surface area contributed by atoms with Crippen molar-refractivity contribution in [1.29, 1.82) is 0 Å². The van der Waals surface area contributed by atoms with Gasteiger partial charge in [-0.3, -0.25) is 0 Å². The summed E-state index contributed by atoms with van der Waals surface area (Å²) in [5, 5.41) is 10.4. The second-order valence-corrected chi connectivity index (χ2v) is 4.64. The van der Waals surface area contributed by atoms with E-state index in [0.717, 1.165) is 29.1 Å². The number of hydrogen-bond acceptors (Lipinski definition) is 3. The Bertz CT molecular complexity index is 549. The summed E-state index contributed by atoms with van der Waals surface area (Å²) in [7, 11) is 1.65. The summed E-state index contributed by atoms with van der Waals surface area (Å²) in [6.45, 7) is 4.87. The fourth-order valence-electron chi connectivity index (χ4n) is 2.25. The van der Waals surface area contributed by atoms with E-state index in [2.05, 4.69) is 11.1 Å². The molecule has 102 valence electrons. The lowest BCUT2D eigenvalue weighted by atomic mass is 10.0. The third-order valence-electron chi connectivity index (χ3n) is 3.28. The molecule has 0 fully saturated rings. The summed E-state index contributed by atoms with van der Waals surface area (Å²) in [4.78, 5) is 4.09.